The van der Waals surface area contributed by atoms with Gasteiger partial charge in [-0.3, -0.25) is 0 Å². The lowest BCUT2D eigenvalue weighted by Crippen LogP contribution is -2.09. The first-order chi connectivity index (χ1) is 14.9. The quantitative estimate of drug-likeness (QED) is 0.380. The Morgan fingerprint density at radius 3 is 2.48 bits per heavy atom. The van der Waals surface area contributed by atoms with Crippen molar-refractivity contribution >= 4 is 34.2 Å². The number of rotatable bonds is 6. The maximum absolute atomic E-state index is 13.4. The SMILES string of the molecule is C[C@H](Nc1nccc2ccnc(Oc3ccc(F)cc3Cl)c12)c1ccc(C(=O)O)cc1. The number of nitrogens with one attached hydrogen (secondary N) is 1. The predicted molar refractivity (Wildman–Crippen MR) is 116 cm³/mol. The van der Waals surface area contributed by atoms with Crippen LogP contribution in [-0.2, 0) is 0 Å². The van der Waals surface area contributed by atoms with E-state index in [-0.39, 0.29) is 28.3 Å². The number of nitrogens with zero attached hydrogens (tertiary/aromatic N) is 2. The lowest BCUT2D eigenvalue weighted by molar-refractivity contribution is 0.0697. The van der Waals surface area contributed by atoms with Crippen LogP contribution in [0.15, 0.2) is 67.0 Å². The summed E-state index contributed by atoms with van der Waals surface area (Å²) >= 11 is 6.10. The van der Waals surface area contributed by atoms with Crippen molar-refractivity contribution in [1.29, 1.82) is 0 Å². The fourth-order valence-corrected chi connectivity index (χ4v) is 3.35. The van der Waals surface area contributed by atoms with Crippen LogP contribution in [0.2, 0.25) is 5.02 Å². The maximum Gasteiger partial charge on any atom is 0.335 e. The molecule has 0 radical (unpaired) electrons. The second-order valence-electron chi connectivity index (χ2n) is 6.84. The van der Waals surface area contributed by atoms with Crippen molar-refractivity contribution in [1.82, 2.24) is 9.97 Å². The van der Waals surface area contributed by atoms with E-state index in [2.05, 4.69) is 15.3 Å². The molecule has 0 amide bonds. The van der Waals surface area contributed by atoms with Gasteiger partial charge in [0.05, 0.1) is 16.0 Å². The summed E-state index contributed by atoms with van der Waals surface area (Å²) in [6.07, 6.45) is 3.27. The Morgan fingerprint density at radius 2 is 1.81 bits per heavy atom. The summed E-state index contributed by atoms with van der Waals surface area (Å²) in [4.78, 5) is 19.8. The van der Waals surface area contributed by atoms with E-state index in [0.717, 1.165) is 10.9 Å². The molecule has 0 unspecified atom stereocenters. The van der Waals surface area contributed by atoms with Crippen molar-refractivity contribution in [2.75, 3.05) is 5.32 Å². The number of benzene rings is 2. The smallest absolute Gasteiger partial charge is 0.335 e. The number of aromatic carboxylic acids is 1. The molecule has 2 heterocycles. The van der Waals surface area contributed by atoms with Crippen molar-refractivity contribution in [3.8, 4) is 11.6 Å². The highest BCUT2D eigenvalue weighted by molar-refractivity contribution is 6.32. The third-order valence-corrected chi connectivity index (χ3v) is 5.05. The van der Waals surface area contributed by atoms with E-state index in [9.17, 15) is 9.18 Å². The average Bonchev–Trinajstić information content (AvgIpc) is 2.76. The highest BCUT2D eigenvalue weighted by atomic mass is 35.5. The summed E-state index contributed by atoms with van der Waals surface area (Å²) in [6, 6.07) is 14.0. The maximum atomic E-state index is 13.4. The van der Waals surface area contributed by atoms with Crippen LogP contribution in [0.3, 0.4) is 0 Å². The lowest BCUT2D eigenvalue weighted by Gasteiger charge is -2.18. The number of ether oxygens (including phenoxy) is 1. The van der Waals surface area contributed by atoms with E-state index in [1.807, 2.05) is 19.1 Å². The molecule has 31 heavy (non-hydrogen) atoms. The number of aromatic nitrogens is 2. The number of anilines is 1. The van der Waals surface area contributed by atoms with Gasteiger partial charge in [0.1, 0.15) is 17.4 Å². The monoisotopic (exact) mass is 437 g/mol. The van der Waals surface area contributed by atoms with E-state index in [0.29, 0.717) is 11.2 Å². The molecule has 156 valence electrons. The van der Waals surface area contributed by atoms with E-state index in [1.54, 1.807) is 36.7 Å². The third kappa shape index (κ3) is 4.41. The number of carboxylic acid groups (broad SMARTS) is 1. The summed E-state index contributed by atoms with van der Waals surface area (Å²) < 4.78 is 19.3. The zero-order valence-electron chi connectivity index (χ0n) is 16.3. The van der Waals surface area contributed by atoms with Crippen LogP contribution in [0.4, 0.5) is 10.2 Å². The van der Waals surface area contributed by atoms with Crippen LogP contribution >= 0.6 is 11.6 Å². The topological polar surface area (TPSA) is 84.3 Å². The van der Waals surface area contributed by atoms with Gasteiger partial charge in [-0.25, -0.2) is 19.2 Å². The first kappa shape index (κ1) is 20.6. The van der Waals surface area contributed by atoms with Gasteiger partial charge in [0.2, 0.25) is 5.88 Å². The van der Waals surface area contributed by atoms with Gasteiger partial charge < -0.3 is 15.2 Å². The van der Waals surface area contributed by atoms with Gasteiger partial charge in [-0.05, 0) is 60.3 Å². The van der Waals surface area contributed by atoms with Crippen LogP contribution in [-0.4, -0.2) is 21.0 Å². The highest BCUT2D eigenvalue weighted by Gasteiger charge is 2.16. The van der Waals surface area contributed by atoms with Gasteiger partial charge in [-0.1, -0.05) is 23.7 Å². The predicted octanol–water partition coefficient (Wildman–Crippen LogP) is 6.09. The molecule has 0 saturated carbocycles. The van der Waals surface area contributed by atoms with E-state index in [1.165, 1.54) is 18.2 Å². The summed E-state index contributed by atoms with van der Waals surface area (Å²) in [6.45, 7) is 1.93. The number of pyridine rings is 2. The number of carbonyl (C=O) groups is 1. The summed E-state index contributed by atoms with van der Waals surface area (Å²) in [5.41, 5.74) is 1.10. The molecule has 4 rings (SSSR count). The Bertz CT molecular complexity index is 1260. The normalized spacial score (nSPS) is 11.8. The first-order valence-corrected chi connectivity index (χ1v) is 9.76. The Morgan fingerprint density at radius 1 is 1.10 bits per heavy atom. The first-order valence-electron chi connectivity index (χ1n) is 9.39. The zero-order chi connectivity index (χ0) is 22.0. The summed E-state index contributed by atoms with van der Waals surface area (Å²) in [7, 11) is 0. The molecule has 2 N–H and O–H groups in total. The van der Waals surface area contributed by atoms with Crippen LogP contribution in [0.1, 0.15) is 28.9 Å². The van der Waals surface area contributed by atoms with Gasteiger partial charge in [-0.15, -0.1) is 0 Å². The van der Waals surface area contributed by atoms with Gasteiger partial charge >= 0.3 is 5.97 Å². The minimum atomic E-state index is -0.977. The number of carboxylic acids is 1. The van der Waals surface area contributed by atoms with Gasteiger partial charge in [-0.2, -0.15) is 0 Å². The third-order valence-electron chi connectivity index (χ3n) is 4.75. The molecule has 0 aliphatic rings. The molecule has 0 aliphatic heterocycles. The highest BCUT2D eigenvalue weighted by Crippen LogP contribution is 2.36. The molecule has 8 heteroatoms. The van der Waals surface area contributed by atoms with Crippen molar-refractivity contribution in [3.05, 3.63) is 89.0 Å². The molecule has 0 saturated heterocycles. The van der Waals surface area contributed by atoms with Gasteiger partial charge in [0, 0.05) is 18.4 Å². The van der Waals surface area contributed by atoms with Crippen LogP contribution in [0.5, 0.6) is 11.6 Å². The van der Waals surface area contributed by atoms with Crippen LogP contribution in [0, 0.1) is 5.82 Å². The Hall–Kier alpha value is -3.71. The zero-order valence-corrected chi connectivity index (χ0v) is 17.1. The van der Waals surface area contributed by atoms with Gasteiger partial charge in [0.15, 0.2) is 0 Å². The fraction of sp³-hybridized carbons (Fsp3) is 0.0870. The minimum Gasteiger partial charge on any atom is -0.478 e. The minimum absolute atomic E-state index is 0.129. The number of fused-ring (bicyclic) bond motifs is 1. The fourth-order valence-electron chi connectivity index (χ4n) is 3.14. The number of halogens is 2. The van der Waals surface area contributed by atoms with E-state index < -0.39 is 11.8 Å². The van der Waals surface area contributed by atoms with Crippen LogP contribution < -0.4 is 10.1 Å². The standard InChI is InChI=1S/C23H17ClFN3O3/c1-13(14-2-4-16(5-3-14)23(29)30)28-21-20-15(8-10-26-21)9-11-27-22(20)31-19-7-6-17(25)12-18(19)24/h2-13H,1H3,(H,26,28)(H,29,30)/t13-/m0/s1. The molecule has 2 aromatic carbocycles. The molecular formula is C23H17ClFN3O3. The molecule has 0 aliphatic carbocycles. The van der Waals surface area contributed by atoms with Gasteiger partial charge in [0.25, 0.3) is 0 Å². The van der Waals surface area contributed by atoms with Crippen molar-refractivity contribution < 1.29 is 19.0 Å². The molecular weight excluding hydrogens is 421 g/mol. The molecule has 0 spiro atoms. The average molecular weight is 438 g/mol. The van der Waals surface area contributed by atoms with Crippen molar-refractivity contribution in [2.24, 2.45) is 0 Å². The van der Waals surface area contributed by atoms with E-state index in [4.69, 9.17) is 21.4 Å². The second kappa shape index (κ2) is 8.57. The van der Waals surface area contributed by atoms with E-state index >= 15 is 0 Å². The molecule has 4 aromatic rings. The largest absolute Gasteiger partial charge is 0.478 e. The lowest BCUT2D eigenvalue weighted by atomic mass is 10.1. The summed E-state index contributed by atoms with van der Waals surface area (Å²) in [5.74, 6) is -0.357. The Kier molecular flexibility index (Phi) is 5.68. The molecule has 0 fully saturated rings. The Labute approximate surface area is 182 Å². The number of hydrogen-bond donors (Lipinski definition) is 2. The second-order valence-corrected chi connectivity index (χ2v) is 7.25. The molecule has 2 aromatic heterocycles. The van der Waals surface area contributed by atoms with Crippen molar-refractivity contribution in [2.45, 2.75) is 13.0 Å². The van der Waals surface area contributed by atoms with Crippen LogP contribution in [0.25, 0.3) is 10.8 Å². The Balaban J connectivity index is 1.68. The molecule has 6 nitrogen and oxygen atoms in total. The molecule has 0 bridgehead atoms. The number of hydrogen-bond acceptors (Lipinski definition) is 5. The summed E-state index contributed by atoms with van der Waals surface area (Å²) in [5, 5.41) is 14.0. The van der Waals surface area contributed by atoms with Crippen molar-refractivity contribution in [3.63, 3.8) is 0 Å². The molecule has 1 atom stereocenters.